The summed E-state index contributed by atoms with van der Waals surface area (Å²) < 4.78 is 5.37. The molecule has 2 N–H and O–H groups in total. The summed E-state index contributed by atoms with van der Waals surface area (Å²) in [6.45, 7) is 0.0417. The third-order valence-electron chi connectivity index (χ3n) is 4.71. The van der Waals surface area contributed by atoms with Crippen LogP contribution in [-0.4, -0.2) is 18.4 Å². The van der Waals surface area contributed by atoms with Crippen LogP contribution in [0.15, 0.2) is 113 Å². The van der Waals surface area contributed by atoms with Crippen molar-refractivity contribution in [3.05, 3.63) is 114 Å². The number of carbonyl (C=O) groups is 2. The summed E-state index contributed by atoms with van der Waals surface area (Å²) in [7, 11) is 0. The second kappa shape index (κ2) is 11.4. The van der Waals surface area contributed by atoms with Gasteiger partial charge in [0.25, 0.3) is 0 Å². The lowest BCUT2D eigenvalue weighted by Crippen LogP contribution is -2.22. The van der Waals surface area contributed by atoms with Crippen LogP contribution in [0.5, 0.6) is 5.75 Å². The van der Waals surface area contributed by atoms with Gasteiger partial charge in [-0.15, -0.1) is 0 Å². The van der Waals surface area contributed by atoms with E-state index in [2.05, 4.69) is 10.6 Å². The number of carbonyl (C=O) groups excluding carboxylic acids is 2. The molecule has 4 aromatic rings. The van der Waals surface area contributed by atoms with Crippen LogP contribution in [0, 0.1) is 0 Å². The molecule has 0 heterocycles. The smallest absolute Gasteiger partial charge is 0.343 e. The van der Waals surface area contributed by atoms with Crippen molar-refractivity contribution in [2.24, 2.45) is 0 Å². The Hall–Kier alpha value is -3.74. The molecule has 0 spiro atoms. The van der Waals surface area contributed by atoms with Crippen molar-refractivity contribution in [2.75, 3.05) is 17.2 Å². The van der Waals surface area contributed by atoms with Crippen molar-refractivity contribution in [3.63, 3.8) is 0 Å². The molecule has 0 aliphatic heterocycles. The van der Waals surface area contributed by atoms with Crippen LogP contribution in [0.4, 0.5) is 11.4 Å². The van der Waals surface area contributed by atoms with Crippen LogP contribution in [0.2, 0.25) is 5.02 Å². The summed E-state index contributed by atoms with van der Waals surface area (Å²) in [5.41, 5.74) is 1.74. The van der Waals surface area contributed by atoms with Gasteiger partial charge in [0, 0.05) is 20.5 Å². The molecule has 4 rings (SSSR count). The standard InChI is InChI=1S/C27H21ClN2O3S/c28-20-13-15-22(16-14-20)33-27(32)19-7-6-8-21(17-19)29-18-26(31)30-24-11-4-5-12-25(24)34-23-9-2-1-3-10-23/h1-17,29H,18H2,(H,30,31). The molecule has 7 heteroatoms. The van der Waals surface area contributed by atoms with Gasteiger partial charge >= 0.3 is 5.97 Å². The molecule has 0 unspecified atom stereocenters. The number of para-hydroxylation sites is 1. The third kappa shape index (κ3) is 6.63. The number of rotatable bonds is 8. The van der Waals surface area contributed by atoms with Crippen molar-refractivity contribution in [3.8, 4) is 5.75 Å². The highest BCUT2D eigenvalue weighted by Gasteiger charge is 2.11. The van der Waals surface area contributed by atoms with Crippen LogP contribution in [-0.2, 0) is 4.79 Å². The predicted octanol–water partition coefficient (Wildman–Crippen LogP) is 6.76. The average Bonchev–Trinajstić information content (AvgIpc) is 2.86. The number of anilines is 2. The van der Waals surface area contributed by atoms with Crippen molar-refractivity contribution >= 4 is 46.6 Å². The fourth-order valence-corrected chi connectivity index (χ4v) is 4.12. The summed E-state index contributed by atoms with van der Waals surface area (Å²) in [6, 6.07) is 31.0. The topological polar surface area (TPSA) is 67.4 Å². The van der Waals surface area contributed by atoms with Crippen LogP contribution in [0.25, 0.3) is 0 Å². The first-order valence-electron chi connectivity index (χ1n) is 10.5. The van der Waals surface area contributed by atoms with Gasteiger partial charge in [0.2, 0.25) is 5.91 Å². The Bertz CT molecular complexity index is 1280. The number of halogens is 1. The normalized spacial score (nSPS) is 10.4. The van der Waals surface area contributed by atoms with Gasteiger partial charge in [0.1, 0.15) is 5.75 Å². The quantitative estimate of drug-likeness (QED) is 0.212. The summed E-state index contributed by atoms with van der Waals surface area (Å²) in [5.74, 6) is -0.295. The van der Waals surface area contributed by atoms with Gasteiger partial charge in [-0.3, -0.25) is 4.79 Å². The summed E-state index contributed by atoms with van der Waals surface area (Å²) in [5, 5.41) is 6.57. The summed E-state index contributed by atoms with van der Waals surface area (Å²) in [6.07, 6.45) is 0. The van der Waals surface area contributed by atoms with E-state index in [1.807, 2.05) is 54.6 Å². The molecule has 0 aromatic heterocycles. The van der Waals surface area contributed by atoms with E-state index in [4.69, 9.17) is 16.3 Å². The number of ether oxygens (including phenoxy) is 1. The zero-order valence-corrected chi connectivity index (χ0v) is 19.6. The van der Waals surface area contributed by atoms with Crippen molar-refractivity contribution in [1.82, 2.24) is 0 Å². The Labute approximate surface area is 207 Å². The molecule has 5 nitrogen and oxygen atoms in total. The lowest BCUT2D eigenvalue weighted by atomic mass is 10.2. The fourth-order valence-electron chi connectivity index (χ4n) is 3.08. The molecule has 0 saturated heterocycles. The molecule has 34 heavy (non-hydrogen) atoms. The average molecular weight is 489 g/mol. The molecule has 170 valence electrons. The highest BCUT2D eigenvalue weighted by Crippen LogP contribution is 2.33. The molecule has 0 saturated carbocycles. The number of esters is 1. The molecule has 0 bridgehead atoms. The first kappa shape index (κ1) is 23.4. The Balaban J connectivity index is 1.35. The Morgan fingerprint density at radius 3 is 2.35 bits per heavy atom. The summed E-state index contributed by atoms with van der Waals surface area (Å²) in [4.78, 5) is 27.1. The van der Waals surface area contributed by atoms with Gasteiger partial charge in [-0.1, -0.05) is 59.8 Å². The second-order valence-corrected chi connectivity index (χ2v) is 8.79. The van der Waals surface area contributed by atoms with E-state index in [-0.39, 0.29) is 12.5 Å². The van der Waals surface area contributed by atoms with E-state index >= 15 is 0 Å². The molecule has 0 radical (unpaired) electrons. The van der Waals surface area contributed by atoms with Crippen LogP contribution in [0.1, 0.15) is 10.4 Å². The summed E-state index contributed by atoms with van der Waals surface area (Å²) >= 11 is 7.44. The first-order valence-corrected chi connectivity index (χ1v) is 11.7. The molecule has 0 aliphatic carbocycles. The minimum Gasteiger partial charge on any atom is -0.423 e. The highest BCUT2D eigenvalue weighted by molar-refractivity contribution is 7.99. The first-order chi connectivity index (χ1) is 16.6. The number of nitrogens with one attached hydrogen (secondary N) is 2. The fraction of sp³-hybridized carbons (Fsp3) is 0.0370. The van der Waals surface area contributed by atoms with Crippen molar-refractivity contribution in [1.29, 1.82) is 0 Å². The van der Waals surface area contributed by atoms with E-state index in [1.165, 1.54) is 0 Å². The van der Waals surface area contributed by atoms with E-state index in [0.717, 1.165) is 15.5 Å². The molecule has 0 fully saturated rings. The Morgan fingerprint density at radius 1 is 0.824 bits per heavy atom. The Morgan fingerprint density at radius 2 is 1.56 bits per heavy atom. The molecule has 0 aliphatic rings. The van der Waals surface area contributed by atoms with E-state index in [1.54, 1.807) is 60.3 Å². The zero-order valence-electron chi connectivity index (χ0n) is 18.0. The largest absolute Gasteiger partial charge is 0.423 e. The minimum absolute atomic E-state index is 0.0417. The maximum Gasteiger partial charge on any atom is 0.343 e. The maximum atomic E-state index is 12.6. The number of hydrogen-bond acceptors (Lipinski definition) is 5. The van der Waals surface area contributed by atoms with Gasteiger partial charge in [-0.2, -0.15) is 0 Å². The predicted molar refractivity (Wildman–Crippen MR) is 137 cm³/mol. The minimum atomic E-state index is -0.498. The van der Waals surface area contributed by atoms with Gasteiger partial charge in [0.05, 0.1) is 17.8 Å². The van der Waals surface area contributed by atoms with Crippen LogP contribution < -0.4 is 15.4 Å². The Kier molecular flexibility index (Phi) is 7.86. The molecular weight excluding hydrogens is 468 g/mol. The lowest BCUT2D eigenvalue weighted by Gasteiger charge is -2.12. The molecule has 0 atom stereocenters. The number of amides is 1. The van der Waals surface area contributed by atoms with Gasteiger partial charge in [-0.05, 0) is 66.7 Å². The highest BCUT2D eigenvalue weighted by atomic mass is 35.5. The van der Waals surface area contributed by atoms with Gasteiger partial charge in [-0.25, -0.2) is 4.79 Å². The van der Waals surface area contributed by atoms with E-state index in [9.17, 15) is 9.59 Å². The van der Waals surface area contributed by atoms with E-state index in [0.29, 0.717) is 22.0 Å². The number of benzene rings is 4. The molecule has 1 amide bonds. The SMILES string of the molecule is O=C(CNc1cccc(C(=O)Oc2ccc(Cl)cc2)c1)Nc1ccccc1Sc1ccccc1. The number of hydrogen-bond donors (Lipinski definition) is 2. The van der Waals surface area contributed by atoms with Gasteiger partial charge < -0.3 is 15.4 Å². The van der Waals surface area contributed by atoms with E-state index < -0.39 is 5.97 Å². The van der Waals surface area contributed by atoms with Gasteiger partial charge in [0.15, 0.2) is 0 Å². The molecule has 4 aromatic carbocycles. The van der Waals surface area contributed by atoms with Crippen LogP contribution in [0.3, 0.4) is 0 Å². The maximum absolute atomic E-state index is 12.6. The monoisotopic (exact) mass is 488 g/mol. The van der Waals surface area contributed by atoms with Crippen molar-refractivity contribution < 1.29 is 14.3 Å². The van der Waals surface area contributed by atoms with Crippen molar-refractivity contribution in [2.45, 2.75) is 9.79 Å². The third-order valence-corrected chi connectivity index (χ3v) is 6.04. The second-order valence-electron chi connectivity index (χ2n) is 7.24. The lowest BCUT2D eigenvalue weighted by molar-refractivity contribution is -0.114. The van der Waals surface area contributed by atoms with Crippen LogP contribution >= 0.6 is 23.4 Å². The zero-order chi connectivity index (χ0) is 23.8. The molecular formula is C27H21ClN2O3S.